The summed E-state index contributed by atoms with van der Waals surface area (Å²) in [5, 5.41) is 11.6. The van der Waals surface area contributed by atoms with E-state index in [1.165, 1.54) is 6.07 Å². The van der Waals surface area contributed by atoms with E-state index >= 15 is 0 Å². The minimum absolute atomic E-state index is 0.0492. The number of aromatic nitrogens is 1. The zero-order valence-corrected chi connectivity index (χ0v) is 15.7. The Kier molecular flexibility index (Phi) is 5.18. The summed E-state index contributed by atoms with van der Waals surface area (Å²) in [5.41, 5.74) is 2.21. The van der Waals surface area contributed by atoms with Crippen LogP contribution in [-0.2, 0) is 0 Å². The van der Waals surface area contributed by atoms with Gasteiger partial charge in [0.05, 0.1) is 35.7 Å². The van der Waals surface area contributed by atoms with Crippen molar-refractivity contribution in [3.05, 3.63) is 68.3 Å². The van der Waals surface area contributed by atoms with E-state index in [0.29, 0.717) is 28.1 Å². The lowest BCUT2D eigenvalue weighted by molar-refractivity contribution is -0.383. The summed E-state index contributed by atoms with van der Waals surface area (Å²) in [7, 11) is 3.16. The van der Waals surface area contributed by atoms with Crippen molar-refractivity contribution in [3.63, 3.8) is 0 Å². The van der Waals surface area contributed by atoms with Gasteiger partial charge in [0.2, 0.25) is 0 Å². The van der Waals surface area contributed by atoms with Crippen molar-refractivity contribution in [3.8, 4) is 11.5 Å². The predicted molar refractivity (Wildman–Crippen MR) is 105 cm³/mol. The van der Waals surface area contributed by atoms with E-state index in [0.717, 1.165) is 10.0 Å². The van der Waals surface area contributed by atoms with E-state index in [9.17, 15) is 10.1 Å². The highest BCUT2D eigenvalue weighted by atomic mass is 79.9. The zero-order valence-electron chi connectivity index (χ0n) is 14.1. The Morgan fingerprint density at radius 3 is 2.50 bits per heavy atom. The van der Waals surface area contributed by atoms with Crippen LogP contribution in [0.1, 0.15) is 11.3 Å². The van der Waals surface area contributed by atoms with Gasteiger partial charge in [0.15, 0.2) is 11.5 Å². The number of benzene rings is 2. The van der Waals surface area contributed by atoms with Gasteiger partial charge < -0.3 is 9.47 Å². The number of methoxy groups -OCH3 is 2. The van der Waals surface area contributed by atoms with Crippen LogP contribution in [0.2, 0.25) is 0 Å². The molecular weight excluding hydrogens is 400 g/mol. The van der Waals surface area contributed by atoms with E-state index in [1.54, 1.807) is 38.5 Å². The van der Waals surface area contributed by atoms with Gasteiger partial charge in [-0.15, -0.1) is 0 Å². The van der Waals surface area contributed by atoms with Crippen LogP contribution in [0.25, 0.3) is 23.1 Å². The quantitative estimate of drug-likeness (QED) is 0.429. The van der Waals surface area contributed by atoms with Crippen LogP contribution in [-0.4, -0.2) is 24.1 Å². The maximum atomic E-state index is 11.1. The summed E-state index contributed by atoms with van der Waals surface area (Å²) < 4.78 is 11.4. The fourth-order valence-corrected chi connectivity index (χ4v) is 3.03. The molecule has 0 saturated heterocycles. The second-order valence-corrected chi connectivity index (χ2v) is 6.25. The number of ether oxygens (including phenoxy) is 2. The van der Waals surface area contributed by atoms with Gasteiger partial charge >= 0.3 is 0 Å². The second-order valence-electron chi connectivity index (χ2n) is 5.40. The Morgan fingerprint density at radius 1 is 1.08 bits per heavy atom. The summed E-state index contributed by atoms with van der Waals surface area (Å²) in [6, 6.07) is 12.0. The Morgan fingerprint density at radius 2 is 1.81 bits per heavy atom. The van der Waals surface area contributed by atoms with Crippen LogP contribution < -0.4 is 9.47 Å². The molecule has 3 rings (SSSR count). The number of nitro groups is 1. The van der Waals surface area contributed by atoms with Crippen LogP contribution >= 0.6 is 15.9 Å². The summed E-state index contributed by atoms with van der Waals surface area (Å²) in [5.74, 6) is 1.25. The van der Waals surface area contributed by atoms with Gasteiger partial charge in [0.1, 0.15) is 0 Å². The zero-order chi connectivity index (χ0) is 18.7. The Balaban J connectivity index is 1.97. The smallest absolute Gasteiger partial charge is 0.278 e. The first-order valence-corrected chi connectivity index (χ1v) is 8.46. The molecule has 0 fully saturated rings. The van der Waals surface area contributed by atoms with Gasteiger partial charge in [-0.3, -0.25) is 10.1 Å². The number of hydrogen-bond donors (Lipinski definition) is 0. The molecule has 132 valence electrons. The molecule has 0 aliphatic carbocycles. The molecule has 0 radical (unpaired) electrons. The molecular formula is C19H15BrN2O4. The first kappa shape index (κ1) is 17.9. The molecule has 7 heteroatoms. The second kappa shape index (κ2) is 7.53. The summed E-state index contributed by atoms with van der Waals surface area (Å²) in [4.78, 5) is 15.2. The molecule has 2 aromatic carbocycles. The Labute approximate surface area is 158 Å². The number of nitro benzene ring substituents is 1. The average Bonchev–Trinajstić information content (AvgIpc) is 2.65. The molecule has 0 unspecified atom stereocenters. The van der Waals surface area contributed by atoms with Gasteiger partial charge in [0.25, 0.3) is 5.69 Å². The maximum Gasteiger partial charge on any atom is 0.278 e. The minimum atomic E-state index is -0.403. The van der Waals surface area contributed by atoms with Crippen molar-refractivity contribution in [2.45, 2.75) is 0 Å². The lowest BCUT2D eigenvalue weighted by Gasteiger charge is -2.09. The molecule has 26 heavy (non-hydrogen) atoms. The topological polar surface area (TPSA) is 74.5 Å². The molecule has 6 nitrogen and oxygen atoms in total. The molecule has 0 amide bonds. The average molecular weight is 415 g/mol. The third-order valence-corrected chi connectivity index (χ3v) is 4.55. The number of hydrogen-bond acceptors (Lipinski definition) is 5. The molecule has 1 heterocycles. The van der Waals surface area contributed by atoms with Crippen LogP contribution in [0.3, 0.4) is 0 Å². The Bertz CT molecular complexity index is 1020. The van der Waals surface area contributed by atoms with Crippen LogP contribution in [0.5, 0.6) is 11.5 Å². The number of halogens is 1. The van der Waals surface area contributed by atoms with Gasteiger partial charge in [0, 0.05) is 10.5 Å². The van der Waals surface area contributed by atoms with Crippen molar-refractivity contribution in [1.29, 1.82) is 0 Å². The highest BCUT2D eigenvalue weighted by molar-refractivity contribution is 9.10. The van der Waals surface area contributed by atoms with Gasteiger partial charge in [-0.05, 0) is 42.0 Å². The van der Waals surface area contributed by atoms with Gasteiger partial charge in [-0.1, -0.05) is 28.1 Å². The van der Waals surface area contributed by atoms with E-state index in [2.05, 4.69) is 20.9 Å². The van der Waals surface area contributed by atoms with E-state index in [-0.39, 0.29) is 5.69 Å². The van der Waals surface area contributed by atoms with Crippen molar-refractivity contribution in [1.82, 2.24) is 4.98 Å². The first-order valence-electron chi connectivity index (χ1n) is 7.67. The highest BCUT2D eigenvalue weighted by Gasteiger charge is 2.12. The summed E-state index contributed by atoms with van der Waals surface area (Å²) in [6.45, 7) is 0. The highest BCUT2D eigenvalue weighted by Crippen LogP contribution is 2.34. The lowest BCUT2D eigenvalue weighted by Crippen LogP contribution is -1.92. The molecule has 0 aliphatic rings. The third kappa shape index (κ3) is 3.52. The standard InChI is InChI=1S/C19H15BrN2O4/c1-25-18-10-12(15(20)11-19(18)26-2)6-7-13-8-9-14-16(21-13)4-3-5-17(14)22(23)24/h3-11H,1-2H3/b7-6+. The monoisotopic (exact) mass is 414 g/mol. The number of nitrogens with zero attached hydrogens (tertiary/aromatic N) is 2. The van der Waals surface area contributed by atoms with Crippen LogP contribution in [0.4, 0.5) is 5.69 Å². The molecule has 0 spiro atoms. The molecule has 0 N–H and O–H groups in total. The van der Waals surface area contributed by atoms with Crippen LogP contribution in [0.15, 0.2) is 46.9 Å². The number of rotatable bonds is 5. The van der Waals surface area contributed by atoms with E-state index in [4.69, 9.17) is 9.47 Å². The van der Waals surface area contributed by atoms with Gasteiger partial charge in [-0.2, -0.15) is 0 Å². The van der Waals surface area contributed by atoms with Gasteiger partial charge in [-0.25, -0.2) is 4.98 Å². The fraction of sp³-hybridized carbons (Fsp3) is 0.105. The Hall–Kier alpha value is -2.93. The molecule has 0 aliphatic heterocycles. The van der Waals surface area contributed by atoms with E-state index in [1.807, 2.05) is 24.3 Å². The number of fused-ring (bicyclic) bond motifs is 1. The number of pyridine rings is 1. The van der Waals surface area contributed by atoms with Crippen molar-refractivity contribution < 1.29 is 14.4 Å². The third-order valence-electron chi connectivity index (χ3n) is 3.86. The van der Waals surface area contributed by atoms with Crippen molar-refractivity contribution >= 4 is 44.7 Å². The largest absolute Gasteiger partial charge is 0.493 e. The fourth-order valence-electron chi connectivity index (χ4n) is 2.58. The normalized spacial score (nSPS) is 11.0. The number of non-ortho nitro benzene ring substituents is 1. The van der Waals surface area contributed by atoms with Crippen molar-refractivity contribution in [2.75, 3.05) is 14.2 Å². The van der Waals surface area contributed by atoms with E-state index < -0.39 is 4.92 Å². The summed E-state index contributed by atoms with van der Waals surface area (Å²) >= 11 is 3.51. The molecule has 3 aromatic rings. The molecule has 0 atom stereocenters. The summed E-state index contributed by atoms with van der Waals surface area (Å²) in [6.07, 6.45) is 3.72. The molecule has 1 aromatic heterocycles. The SMILES string of the molecule is COc1cc(Br)c(/C=C/c2ccc3c([N+](=O)[O-])cccc3n2)cc1OC. The molecule has 0 saturated carbocycles. The predicted octanol–water partition coefficient (Wildman–Crippen LogP) is 5.09. The molecule has 0 bridgehead atoms. The first-order chi connectivity index (χ1) is 12.5. The van der Waals surface area contributed by atoms with Crippen molar-refractivity contribution in [2.24, 2.45) is 0 Å². The maximum absolute atomic E-state index is 11.1. The minimum Gasteiger partial charge on any atom is -0.493 e. The van der Waals surface area contributed by atoms with Crippen LogP contribution in [0, 0.1) is 10.1 Å². The lowest BCUT2D eigenvalue weighted by atomic mass is 10.1.